The molecule has 0 N–H and O–H groups in total. The molecule has 214 valence electrons. The van der Waals surface area contributed by atoms with E-state index >= 15 is 0 Å². The van der Waals surface area contributed by atoms with Gasteiger partial charge in [-0.05, 0) is 36.5 Å². The molecule has 0 radical (unpaired) electrons. The number of likely N-dealkylation sites (N-methyl/N-ethyl adjacent to an activating group) is 1. The largest absolute Gasteiger partial charge is 1.00 e. The number of unbranched alkanes of at least 4 members (excludes halogenated alkanes) is 11. The first-order valence-electron chi connectivity index (χ1n) is 15.2. The van der Waals surface area contributed by atoms with Crippen LogP contribution in [-0.4, -0.2) is 56.5 Å². The molecule has 0 heterocycles. The zero-order valence-electron chi connectivity index (χ0n) is 25.0. The second-order valence-electron chi connectivity index (χ2n) is 13.6. The predicted molar refractivity (Wildman–Crippen MR) is 147 cm³/mol. The zero-order chi connectivity index (χ0) is 26.0. The van der Waals surface area contributed by atoms with E-state index in [2.05, 4.69) is 48.8 Å². The predicted octanol–water partition coefficient (Wildman–Crippen LogP) is 4.93. The van der Waals surface area contributed by atoms with Gasteiger partial charge in [0.25, 0.3) is 0 Å². The van der Waals surface area contributed by atoms with Crippen LogP contribution in [0.15, 0.2) is 0 Å². The molecule has 0 aromatic rings. The van der Waals surface area contributed by atoms with Crippen LogP contribution >= 0.6 is 0 Å². The van der Waals surface area contributed by atoms with Gasteiger partial charge < -0.3 is 26.4 Å². The van der Waals surface area contributed by atoms with Crippen LogP contribution in [0, 0.1) is 17.3 Å². The number of hydrogen-bond donors (Lipinski definition) is 0. The molecule has 0 bridgehead atoms. The second kappa shape index (κ2) is 15.9. The lowest BCUT2D eigenvalue weighted by atomic mass is 9.88. The Labute approximate surface area is 230 Å². The molecule has 2 rings (SSSR count). The number of ether oxygens (including phenoxy) is 2. The van der Waals surface area contributed by atoms with Gasteiger partial charge in [-0.3, -0.25) is 4.79 Å². The molecule has 0 aliphatic heterocycles. The lowest BCUT2D eigenvalue weighted by Gasteiger charge is -2.32. The summed E-state index contributed by atoms with van der Waals surface area (Å²) in [4.78, 5) is 12.7. The summed E-state index contributed by atoms with van der Waals surface area (Å²) in [6, 6.07) is 0. The van der Waals surface area contributed by atoms with Gasteiger partial charge in [0.05, 0.1) is 33.4 Å². The van der Waals surface area contributed by atoms with E-state index in [1.165, 1.54) is 77.0 Å². The van der Waals surface area contributed by atoms with Crippen LogP contribution in [0.2, 0.25) is 0 Å². The van der Waals surface area contributed by atoms with Crippen molar-refractivity contribution in [3.05, 3.63) is 0 Å². The van der Waals surface area contributed by atoms with Crippen LogP contribution in [0.25, 0.3) is 0 Å². The summed E-state index contributed by atoms with van der Waals surface area (Å²) in [6.45, 7) is 10.7. The van der Waals surface area contributed by atoms with E-state index in [4.69, 9.17) is 9.47 Å². The minimum Gasteiger partial charge on any atom is -1.00 e. The summed E-state index contributed by atoms with van der Waals surface area (Å²) in [5.74, 6) is 1.34. The number of carbonyl (C=O) groups is 1. The van der Waals surface area contributed by atoms with Crippen molar-refractivity contribution >= 4 is 5.97 Å². The van der Waals surface area contributed by atoms with Gasteiger partial charge in [0.15, 0.2) is 6.10 Å². The third kappa shape index (κ3) is 10.8. The number of carbonyl (C=O) groups excluding carboxylic acids is 1. The fourth-order valence-corrected chi connectivity index (χ4v) is 6.67. The number of quaternary nitrogens is 1. The highest BCUT2D eigenvalue weighted by molar-refractivity contribution is 5.69. The Hall–Kier alpha value is -0.320. The molecular weight excluding hydrogens is 470 g/mol. The van der Waals surface area contributed by atoms with Crippen molar-refractivity contribution in [1.82, 2.24) is 0 Å². The normalized spacial score (nSPS) is 25.5. The maximum atomic E-state index is 12.7. The third-order valence-electron chi connectivity index (χ3n) is 8.85. The highest BCUT2D eigenvalue weighted by Crippen LogP contribution is 2.70. The van der Waals surface area contributed by atoms with Gasteiger partial charge >= 0.3 is 5.97 Å². The van der Waals surface area contributed by atoms with Gasteiger partial charge in [-0.1, -0.05) is 105 Å². The quantitative estimate of drug-likeness (QED) is 0.135. The lowest BCUT2D eigenvalue weighted by molar-refractivity contribution is -0.873. The Bertz CT molecular complexity index is 617. The fourth-order valence-electron chi connectivity index (χ4n) is 6.67. The first-order valence-corrected chi connectivity index (χ1v) is 15.2. The van der Waals surface area contributed by atoms with Gasteiger partial charge in [0, 0.05) is 6.42 Å². The van der Waals surface area contributed by atoms with E-state index in [-0.39, 0.29) is 35.5 Å². The van der Waals surface area contributed by atoms with Crippen molar-refractivity contribution in [1.29, 1.82) is 0 Å². The highest BCUT2D eigenvalue weighted by Gasteiger charge is 2.73. The first kappa shape index (κ1) is 33.7. The summed E-state index contributed by atoms with van der Waals surface area (Å²) in [6.07, 6.45) is 19.8. The Balaban J connectivity index is 0.00000648. The van der Waals surface area contributed by atoms with Gasteiger partial charge in [0.2, 0.25) is 0 Å². The molecule has 2 fully saturated rings. The van der Waals surface area contributed by atoms with Crippen LogP contribution in [0.5, 0.6) is 0 Å². The Kier molecular flexibility index (Phi) is 14.9. The van der Waals surface area contributed by atoms with E-state index < -0.39 is 0 Å². The molecule has 36 heavy (non-hydrogen) atoms. The zero-order valence-corrected chi connectivity index (χ0v) is 25.8. The smallest absolute Gasteiger partial charge is 0.306 e. The van der Waals surface area contributed by atoms with E-state index in [1.807, 2.05) is 0 Å². The maximum absolute atomic E-state index is 12.7. The highest BCUT2D eigenvalue weighted by atomic mass is 35.5. The van der Waals surface area contributed by atoms with E-state index in [9.17, 15) is 4.79 Å². The van der Waals surface area contributed by atoms with E-state index in [1.54, 1.807) is 0 Å². The minimum absolute atomic E-state index is 0. The molecule has 0 aromatic carbocycles. The van der Waals surface area contributed by atoms with Crippen molar-refractivity contribution in [2.75, 3.05) is 34.3 Å². The lowest BCUT2D eigenvalue weighted by Crippen LogP contribution is -3.00. The van der Waals surface area contributed by atoms with Crippen LogP contribution in [0.1, 0.15) is 130 Å². The summed E-state index contributed by atoms with van der Waals surface area (Å²) < 4.78 is 13.4. The molecule has 4 atom stereocenters. The Morgan fingerprint density at radius 1 is 0.889 bits per heavy atom. The average molecular weight is 530 g/mol. The second-order valence-corrected chi connectivity index (χ2v) is 13.6. The maximum Gasteiger partial charge on any atom is 0.306 e. The van der Waals surface area contributed by atoms with E-state index in [0.717, 1.165) is 36.2 Å². The number of rotatable bonds is 19. The standard InChI is InChI=1S/C31H60NO3.ClH/c1-8-9-10-11-12-13-14-15-16-17-18-19-20-29(33)35-27(24-32(5,6)7)25-34-31-23-26(2)21-22-28(31)30(31,3)4;/h26-28H,8-25H2,1-7H3;1H/q+1;/p-1/t26?,27-,28?,31?;/m1./s1. The molecule has 2 saturated carbocycles. The number of fused-ring (bicyclic) bond motifs is 1. The van der Waals surface area contributed by atoms with Gasteiger partial charge in [-0.15, -0.1) is 0 Å². The number of esters is 1. The van der Waals surface area contributed by atoms with Crippen molar-refractivity contribution in [3.63, 3.8) is 0 Å². The molecular formula is C31H60ClNO3. The third-order valence-corrected chi connectivity index (χ3v) is 8.85. The monoisotopic (exact) mass is 529 g/mol. The van der Waals surface area contributed by atoms with Gasteiger partial charge in [0.1, 0.15) is 6.54 Å². The summed E-state index contributed by atoms with van der Waals surface area (Å²) in [5, 5.41) is 0. The molecule has 0 aromatic heterocycles. The molecule has 0 saturated heterocycles. The SMILES string of the molecule is CCCCCCCCCCCCCCC(=O)O[C@@H](COC12CC(C)CCC1C2(C)C)C[N+](C)(C)C.[Cl-]. The van der Waals surface area contributed by atoms with Crippen LogP contribution < -0.4 is 12.4 Å². The molecule has 2 aliphatic rings. The van der Waals surface area contributed by atoms with Crippen molar-refractivity contribution < 1.29 is 31.2 Å². The molecule has 3 unspecified atom stereocenters. The van der Waals surface area contributed by atoms with Crippen LogP contribution in [0.3, 0.4) is 0 Å². The summed E-state index contributed by atoms with van der Waals surface area (Å²) in [5.41, 5.74) is 0.244. The molecule has 0 amide bonds. The van der Waals surface area contributed by atoms with Crippen LogP contribution in [-0.2, 0) is 14.3 Å². The number of halogens is 1. The molecule has 0 spiro atoms. The van der Waals surface area contributed by atoms with Crippen molar-refractivity contribution in [2.24, 2.45) is 17.3 Å². The number of hydrogen-bond acceptors (Lipinski definition) is 3. The van der Waals surface area contributed by atoms with Crippen molar-refractivity contribution in [3.8, 4) is 0 Å². The Morgan fingerprint density at radius 3 is 1.94 bits per heavy atom. The minimum atomic E-state index is -0.163. The van der Waals surface area contributed by atoms with Crippen molar-refractivity contribution in [2.45, 2.75) is 142 Å². The summed E-state index contributed by atoms with van der Waals surface area (Å²) in [7, 11) is 6.49. The van der Waals surface area contributed by atoms with Gasteiger partial charge in [-0.2, -0.15) is 0 Å². The van der Waals surface area contributed by atoms with Gasteiger partial charge in [-0.25, -0.2) is 0 Å². The molecule has 4 nitrogen and oxygen atoms in total. The summed E-state index contributed by atoms with van der Waals surface area (Å²) >= 11 is 0. The molecule has 5 heteroatoms. The van der Waals surface area contributed by atoms with E-state index in [0.29, 0.717) is 18.9 Å². The fraction of sp³-hybridized carbons (Fsp3) is 0.968. The Morgan fingerprint density at radius 2 is 1.42 bits per heavy atom. The topological polar surface area (TPSA) is 35.5 Å². The first-order chi connectivity index (χ1) is 16.5. The average Bonchev–Trinajstić information content (AvgIpc) is 3.25. The number of nitrogens with zero attached hydrogens (tertiary/aromatic N) is 1. The van der Waals surface area contributed by atoms with Crippen LogP contribution in [0.4, 0.5) is 0 Å². The molecule has 2 aliphatic carbocycles.